The molecule has 0 aliphatic carbocycles. The highest BCUT2D eigenvalue weighted by Gasteiger charge is 2.19. The van der Waals surface area contributed by atoms with Crippen LogP contribution in [-0.4, -0.2) is 28.5 Å². The Bertz CT molecular complexity index is 347. The number of carbonyl (C=O) groups is 1. The highest BCUT2D eigenvalue weighted by atomic mass is 32.1. The van der Waals surface area contributed by atoms with Crippen molar-refractivity contribution >= 4 is 30.1 Å². The first kappa shape index (κ1) is 14.3. The lowest BCUT2D eigenvalue weighted by molar-refractivity contribution is 0.0509. The highest BCUT2D eigenvalue weighted by Crippen LogP contribution is 2.10. The smallest absolute Gasteiger partial charge is 0.407 e. The minimum Gasteiger partial charge on any atom is -0.444 e. The van der Waals surface area contributed by atoms with Gasteiger partial charge in [-0.2, -0.15) is 12.6 Å². The van der Waals surface area contributed by atoms with Crippen LogP contribution in [0.3, 0.4) is 0 Å². The zero-order valence-corrected chi connectivity index (χ0v) is 12.0. The van der Waals surface area contributed by atoms with Crippen LogP contribution in [0.1, 0.15) is 25.8 Å². The summed E-state index contributed by atoms with van der Waals surface area (Å²) < 4.78 is 5.19. The first-order valence-electron chi connectivity index (χ1n) is 5.39. The predicted molar refractivity (Wildman–Crippen MR) is 72.8 cm³/mol. The van der Waals surface area contributed by atoms with E-state index in [0.29, 0.717) is 12.2 Å². The van der Waals surface area contributed by atoms with Gasteiger partial charge in [-0.25, -0.2) is 9.78 Å². The zero-order valence-electron chi connectivity index (χ0n) is 10.3. The van der Waals surface area contributed by atoms with Gasteiger partial charge in [0.25, 0.3) is 0 Å². The molecule has 0 fully saturated rings. The van der Waals surface area contributed by atoms with Gasteiger partial charge in [0, 0.05) is 29.8 Å². The van der Waals surface area contributed by atoms with Crippen molar-refractivity contribution in [1.29, 1.82) is 0 Å². The molecule has 6 heteroatoms. The van der Waals surface area contributed by atoms with E-state index in [1.807, 2.05) is 26.2 Å². The molecule has 4 nitrogen and oxygen atoms in total. The molecule has 0 aliphatic heterocycles. The molecular weight excluding hydrogens is 256 g/mol. The molecule has 0 aliphatic rings. The monoisotopic (exact) mass is 274 g/mol. The first-order valence-corrected chi connectivity index (χ1v) is 6.90. The Balaban J connectivity index is 2.44. The fraction of sp³-hybridized carbons (Fsp3) is 0.636. The summed E-state index contributed by atoms with van der Waals surface area (Å²) in [5.74, 6) is 0.554. The molecule has 0 spiro atoms. The lowest BCUT2D eigenvalue weighted by Crippen LogP contribution is -2.41. The van der Waals surface area contributed by atoms with Gasteiger partial charge in [0.15, 0.2) is 0 Å². The van der Waals surface area contributed by atoms with Gasteiger partial charge in [0.2, 0.25) is 0 Å². The number of ether oxygens (including phenoxy) is 1. The molecule has 1 heterocycles. The number of amides is 1. The maximum atomic E-state index is 11.6. The molecule has 1 rings (SSSR count). The number of carbonyl (C=O) groups excluding carboxylic acids is 1. The van der Waals surface area contributed by atoms with Crippen molar-refractivity contribution in [2.75, 3.05) is 5.75 Å². The van der Waals surface area contributed by atoms with Crippen molar-refractivity contribution in [3.63, 3.8) is 0 Å². The summed E-state index contributed by atoms with van der Waals surface area (Å²) in [6, 6.07) is -0.0562. The molecule has 17 heavy (non-hydrogen) atoms. The Morgan fingerprint density at radius 1 is 1.65 bits per heavy atom. The van der Waals surface area contributed by atoms with E-state index in [1.165, 1.54) is 0 Å². The number of thiol groups is 1. The molecule has 1 N–H and O–H groups in total. The van der Waals surface area contributed by atoms with E-state index in [-0.39, 0.29) is 6.04 Å². The summed E-state index contributed by atoms with van der Waals surface area (Å²) in [5, 5.41) is 5.69. The van der Waals surface area contributed by atoms with Gasteiger partial charge in [-0.05, 0) is 20.8 Å². The molecule has 0 aromatic carbocycles. The lowest BCUT2D eigenvalue weighted by Gasteiger charge is -2.22. The topological polar surface area (TPSA) is 51.2 Å². The van der Waals surface area contributed by atoms with E-state index in [0.717, 1.165) is 5.01 Å². The molecule has 1 amide bonds. The van der Waals surface area contributed by atoms with Crippen LogP contribution in [0.25, 0.3) is 0 Å². The van der Waals surface area contributed by atoms with Crippen molar-refractivity contribution in [1.82, 2.24) is 10.3 Å². The van der Waals surface area contributed by atoms with E-state index >= 15 is 0 Å². The van der Waals surface area contributed by atoms with Gasteiger partial charge in [-0.1, -0.05) is 0 Å². The molecule has 0 radical (unpaired) electrons. The number of aromatic nitrogens is 1. The third-order valence-electron chi connectivity index (χ3n) is 1.85. The second kappa shape index (κ2) is 6.26. The molecular formula is C11H18N2O2S2. The third kappa shape index (κ3) is 5.93. The van der Waals surface area contributed by atoms with Gasteiger partial charge in [0.1, 0.15) is 5.60 Å². The van der Waals surface area contributed by atoms with Gasteiger partial charge >= 0.3 is 6.09 Å². The molecule has 1 unspecified atom stereocenters. The zero-order chi connectivity index (χ0) is 12.9. The fourth-order valence-electron chi connectivity index (χ4n) is 1.20. The van der Waals surface area contributed by atoms with Crippen LogP contribution in [0.5, 0.6) is 0 Å². The number of alkyl carbamates (subject to hydrolysis) is 1. The normalized spacial score (nSPS) is 13.2. The number of hydrogen-bond acceptors (Lipinski definition) is 5. The molecule has 96 valence electrons. The fourth-order valence-corrected chi connectivity index (χ4v) is 2.12. The maximum Gasteiger partial charge on any atom is 0.407 e. The van der Waals surface area contributed by atoms with Crippen LogP contribution in [-0.2, 0) is 11.2 Å². The second-order valence-corrected chi connectivity index (χ2v) is 6.00. The summed E-state index contributed by atoms with van der Waals surface area (Å²) in [6.45, 7) is 5.51. The summed E-state index contributed by atoms with van der Waals surface area (Å²) in [7, 11) is 0. The SMILES string of the molecule is CC(C)(C)OC(=O)NC(CS)Cc1nccs1. The number of rotatable bonds is 4. The summed E-state index contributed by atoms with van der Waals surface area (Å²) in [5.41, 5.74) is -0.480. The average Bonchev–Trinajstić information content (AvgIpc) is 2.66. The van der Waals surface area contributed by atoms with E-state index in [2.05, 4.69) is 22.9 Å². The van der Waals surface area contributed by atoms with Crippen LogP contribution >= 0.6 is 24.0 Å². The maximum absolute atomic E-state index is 11.6. The van der Waals surface area contributed by atoms with E-state index in [1.54, 1.807) is 17.5 Å². The van der Waals surface area contributed by atoms with Crippen molar-refractivity contribution in [2.45, 2.75) is 38.8 Å². The highest BCUT2D eigenvalue weighted by molar-refractivity contribution is 7.80. The molecule has 1 atom stereocenters. The molecule has 0 saturated heterocycles. The number of nitrogens with one attached hydrogen (secondary N) is 1. The quantitative estimate of drug-likeness (QED) is 0.830. The van der Waals surface area contributed by atoms with Crippen molar-refractivity contribution in [2.24, 2.45) is 0 Å². The van der Waals surface area contributed by atoms with Crippen LogP contribution in [0.4, 0.5) is 4.79 Å². The minimum absolute atomic E-state index is 0.0562. The Hall–Kier alpha value is -0.750. The summed E-state index contributed by atoms with van der Waals surface area (Å²) >= 11 is 5.79. The summed E-state index contributed by atoms with van der Waals surface area (Å²) in [4.78, 5) is 15.8. The number of thiazole rings is 1. The Labute approximate surface area is 111 Å². The van der Waals surface area contributed by atoms with Crippen molar-refractivity contribution < 1.29 is 9.53 Å². The van der Waals surface area contributed by atoms with Gasteiger partial charge in [-0.15, -0.1) is 11.3 Å². The van der Waals surface area contributed by atoms with E-state index in [4.69, 9.17) is 4.74 Å². The minimum atomic E-state index is -0.480. The van der Waals surface area contributed by atoms with Crippen LogP contribution < -0.4 is 5.32 Å². The van der Waals surface area contributed by atoms with E-state index in [9.17, 15) is 4.79 Å². The Morgan fingerprint density at radius 2 is 2.35 bits per heavy atom. The van der Waals surface area contributed by atoms with Crippen LogP contribution in [0.2, 0.25) is 0 Å². The van der Waals surface area contributed by atoms with Gasteiger partial charge in [0.05, 0.1) is 5.01 Å². The number of nitrogens with zero attached hydrogens (tertiary/aromatic N) is 1. The average molecular weight is 274 g/mol. The molecule has 1 aromatic rings. The third-order valence-corrected chi connectivity index (χ3v) is 3.09. The first-order chi connectivity index (χ1) is 7.90. The van der Waals surface area contributed by atoms with E-state index < -0.39 is 11.7 Å². The largest absolute Gasteiger partial charge is 0.444 e. The molecule has 1 aromatic heterocycles. The Kier molecular flexibility index (Phi) is 5.27. The molecule has 0 bridgehead atoms. The van der Waals surface area contributed by atoms with Gasteiger partial charge in [-0.3, -0.25) is 0 Å². The van der Waals surface area contributed by atoms with Crippen LogP contribution in [0.15, 0.2) is 11.6 Å². The second-order valence-electron chi connectivity index (χ2n) is 4.66. The van der Waals surface area contributed by atoms with Crippen molar-refractivity contribution in [3.8, 4) is 0 Å². The number of hydrogen-bond donors (Lipinski definition) is 2. The standard InChI is InChI=1S/C11H18N2O2S2/c1-11(2,3)15-10(14)13-8(7-16)6-9-12-4-5-17-9/h4-5,8,16H,6-7H2,1-3H3,(H,13,14). The van der Waals surface area contributed by atoms with Crippen molar-refractivity contribution in [3.05, 3.63) is 16.6 Å². The predicted octanol–water partition coefficient (Wildman–Crippen LogP) is 2.51. The molecule has 0 saturated carbocycles. The summed E-state index contributed by atoms with van der Waals surface area (Å²) in [6.07, 6.45) is 2.02. The van der Waals surface area contributed by atoms with Gasteiger partial charge < -0.3 is 10.1 Å². The Morgan fingerprint density at radius 3 is 2.82 bits per heavy atom. The lowest BCUT2D eigenvalue weighted by atomic mass is 10.2. The van der Waals surface area contributed by atoms with Crippen LogP contribution in [0, 0.1) is 0 Å².